The Morgan fingerprint density at radius 3 is 2.73 bits per heavy atom. The zero-order chi connectivity index (χ0) is 15.5. The quantitative estimate of drug-likeness (QED) is 0.947. The second-order valence-electron chi connectivity index (χ2n) is 5.51. The molecule has 0 aliphatic carbocycles. The van der Waals surface area contributed by atoms with Crippen molar-refractivity contribution in [2.75, 3.05) is 6.61 Å². The molecule has 22 heavy (non-hydrogen) atoms. The van der Waals surface area contributed by atoms with E-state index < -0.39 is 6.10 Å². The van der Waals surface area contributed by atoms with E-state index in [1.54, 1.807) is 6.07 Å². The first kappa shape index (κ1) is 14.4. The van der Waals surface area contributed by atoms with Crippen molar-refractivity contribution in [1.29, 1.82) is 0 Å². The van der Waals surface area contributed by atoms with Crippen LogP contribution in [0.25, 0.3) is 0 Å². The standard InChI is InChI=1S/C18H19NO3/c1-12-7-8-14(13(2)9-12)10-19-18(20)17-11-21-15-5-3-4-6-16(15)22-17/h3-9,17H,10-11H2,1-2H3,(H,19,20). The molecule has 1 amide bonds. The third-order valence-electron chi connectivity index (χ3n) is 3.75. The molecule has 4 nitrogen and oxygen atoms in total. The number of aryl methyl sites for hydroxylation is 2. The summed E-state index contributed by atoms with van der Waals surface area (Å²) in [7, 11) is 0. The normalized spacial score (nSPS) is 16.2. The summed E-state index contributed by atoms with van der Waals surface area (Å²) in [5.74, 6) is 1.14. The molecule has 3 rings (SSSR count). The minimum atomic E-state index is -0.611. The molecule has 114 valence electrons. The number of amides is 1. The molecule has 1 unspecified atom stereocenters. The summed E-state index contributed by atoms with van der Waals surface area (Å²) in [6.07, 6.45) is -0.611. The maximum absolute atomic E-state index is 12.2. The third kappa shape index (κ3) is 3.06. The summed E-state index contributed by atoms with van der Waals surface area (Å²) in [6.45, 7) is 4.83. The van der Waals surface area contributed by atoms with Crippen LogP contribution in [-0.2, 0) is 11.3 Å². The summed E-state index contributed by atoms with van der Waals surface area (Å²) in [6, 6.07) is 13.6. The first-order valence-corrected chi connectivity index (χ1v) is 7.36. The molecule has 1 heterocycles. The van der Waals surface area contributed by atoms with Gasteiger partial charge in [0.05, 0.1) is 0 Å². The number of carbonyl (C=O) groups is 1. The number of hydrogen-bond acceptors (Lipinski definition) is 3. The van der Waals surface area contributed by atoms with E-state index >= 15 is 0 Å². The molecule has 1 atom stereocenters. The minimum absolute atomic E-state index is 0.158. The van der Waals surface area contributed by atoms with E-state index in [1.807, 2.05) is 37.3 Å². The number of rotatable bonds is 3. The highest BCUT2D eigenvalue weighted by Gasteiger charge is 2.26. The molecule has 2 aromatic carbocycles. The number of para-hydroxylation sites is 2. The molecular formula is C18H19NO3. The summed E-state index contributed by atoms with van der Waals surface area (Å²) < 4.78 is 11.3. The fourth-order valence-electron chi connectivity index (χ4n) is 2.49. The Labute approximate surface area is 130 Å². The largest absolute Gasteiger partial charge is 0.485 e. The Hall–Kier alpha value is -2.49. The lowest BCUT2D eigenvalue weighted by Gasteiger charge is -2.25. The Bertz CT molecular complexity index is 696. The zero-order valence-corrected chi connectivity index (χ0v) is 12.8. The van der Waals surface area contributed by atoms with Gasteiger partial charge in [-0.3, -0.25) is 4.79 Å². The van der Waals surface area contributed by atoms with Crippen LogP contribution in [-0.4, -0.2) is 18.6 Å². The molecule has 0 saturated heterocycles. The van der Waals surface area contributed by atoms with E-state index in [0.29, 0.717) is 18.0 Å². The highest BCUT2D eigenvalue weighted by molar-refractivity contribution is 5.81. The number of carbonyl (C=O) groups excluding carboxylic acids is 1. The summed E-state index contributed by atoms with van der Waals surface area (Å²) in [4.78, 5) is 12.2. The van der Waals surface area contributed by atoms with E-state index in [1.165, 1.54) is 11.1 Å². The van der Waals surface area contributed by atoms with Gasteiger partial charge in [-0.05, 0) is 37.1 Å². The summed E-state index contributed by atoms with van der Waals surface area (Å²) in [5, 5.41) is 2.92. The van der Waals surface area contributed by atoms with Gasteiger partial charge in [-0.2, -0.15) is 0 Å². The Morgan fingerprint density at radius 2 is 1.95 bits per heavy atom. The molecule has 1 aliphatic rings. The number of fused-ring (bicyclic) bond motifs is 1. The first-order valence-electron chi connectivity index (χ1n) is 7.36. The van der Waals surface area contributed by atoms with Crippen LogP contribution < -0.4 is 14.8 Å². The van der Waals surface area contributed by atoms with Crippen LogP contribution in [0.1, 0.15) is 16.7 Å². The lowest BCUT2D eigenvalue weighted by molar-refractivity contribution is -0.130. The van der Waals surface area contributed by atoms with Gasteiger partial charge in [0.1, 0.15) is 6.61 Å². The van der Waals surface area contributed by atoms with E-state index in [9.17, 15) is 4.79 Å². The second-order valence-corrected chi connectivity index (χ2v) is 5.51. The molecule has 0 fully saturated rings. The van der Waals surface area contributed by atoms with Crippen LogP contribution in [0, 0.1) is 13.8 Å². The van der Waals surface area contributed by atoms with Crippen LogP contribution in [0.5, 0.6) is 11.5 Å². The molecule has 0 saturated carbocycles. The number of hydrogen-bond donors (Lipinski definition) is 1. The number of benzene rings is 2. The van der Waals surface area contributed by atoms with Crippen LogP contribution in [0.4, 0.5) is 0 Å². The van der Waals surface area contributed by atoms with Gasteiger partial charge in [-0.15, -0.1) is 0 Å². The van der Waals surface area contributed by atoms with Gasteiger partial charge >= 0.3 is 0 Å². The molecule has 0 radical (unpaired) electrons. The van der Waals surface area contributed by atoms with Gasteiger partial charge in [0.15, 0.2) is 11.5 Å². The van der Waals surface area contributed by atoms with Crippen molar-refractivity contribution in [3.8, 4) is 11.5 Å². The van der Waals surface area contributed by atoms with Crippen molar-refractivity contribution in [1.82, 2.24) is 5.32 Å². The van der Waals surface area contributed by atoms with Gasteiger partial charge in [-0.1, -0.05) is 35.9 Å². The first-order chi connectivity index (χ1) is 10.6. The minimum Gasteiger partial charge on any atom is -0.485 e. The van der Waals surface area contributed by atoms with E-state index in [0.717, 1.165) is 5.56 Å². The summed E-state index contributed by atoms with van der Waals surface area (Å²) >= 11 is 0. The van der Waals surface area contributed by atoms with E-state index in [2.05, 4.69) is 18.3 Å². The molecular weight excluding hydrogens is 278 g/mol. The zero-order valence-electron chi connectivity index (χ0n) is 12.8. The third-order valence-corrected chi connectivity index (χ3v) is 3.75. The molecule has 4 heteroatoms. The van der Waals surface area contributed by atoms with Crippen molar-refractivity contribution in [3.63, 3.8) is 0 Å². The smallest absolute Gasteiger partial charge is 0.264 e. The fourth-order valence-corrected chi connectivity index (χ4v) is 2.49. The lowest BCUT2D eigenvalue weighted by atomic mass is 10.1. The molecule has 1 N–H and O–H groups in total. The van der Waals surface area contributed by atoms with Gasteiger partial charge in [-0.25, -0.2) is 0 Å². The van der Waals surface area contributed by atoms with Crippen LogP contribution >= 0.6 is 0 Å². The maximum Gasteiger partial charge on any atom is 0.264 e. The van der Waals surface area contributed by atoms with Gasteiger partial charge in [0.25, 0.3) is 5.91 Å². The lowest BCUT2D eigenvalue weighted by Crippen LogP contribution is -2.43. The highest BCUT2D eigenvalue weighted by atomic mass is 16.6. The SMILES string of the molecule is Cc1ccc(CNC(=O)C2COc3ccccc3O2)c(C)c1. The topological polar surface area (TPSA) is 47.6 Å². The predicted octanol–water partition coefficient (Wildman–Crippen LogP) is 2.76. The summed E-state index contributed by atoms with van der Waals surface area (Å²) in [5.41, 5.74) is 3.50. The molecule has 1 aliphatic heterocycles. The van der Waals surface area contributed by atoms with Crippen molar-refractivity contribution < 1.29 is 14.3 Å². The van der Waals surface area contributed by atoms with E-state index in [4.69, 9.17) is 9.47 Å². The Balaban J connectivity index is 1.61. The average molecular weight is 297 g/mol. The van der Waals surface area contributed by atoms with Crippen molar-refractivity contribution in [2.45, 2.75) is 26.5 Å². The second kappa shape index (κ2) is 6.10. The van der Waals surface area contributed by atoms with Gasteiger partial charge < -0.3 is 14.8 Å². The van der Waals surface area contributed by atoms with Gasteiger partial charge in [0, 0.05) is 6.54 Å². The molecule has 0 aromatic heterocycles. The molecule has 0 spiro atoms. The average Bonchev–Trinajstić information content (AvgIpc) is 2.53. The van der Waals surface area contributed by atoms with Crippen LogP contribution in [0.15, 0.2) is 42.5 Å². The Morgan fingerprint density at radius 1 is 1.18 bits per heavy atom. The fraction of sp³-hybridized carbons (Fsp3) is 0.278. The van der Waals surface area contributed by atoms with Gasteiger partial charge in [0.2, 0.25) is 6.10 Å². The highest BCUT2D eigenvalue weighted by Crippen LogP contribution is 2.30. The molecule has 2 aromatic rings. The maximum atomic E-state index is 12.2. The van der Waals surface area contributed by atoms with Crippen LogP contribution in [0.2, 0.25) is 0 Å². The number of ether oxygens (including phenoxy) is 2. The predicted molar refractivity (Wildman–Crippen MR) is 84.1 cm³/mol. The molecule has 0 bridgehead atoms. The number of nitrogens with one attached hydrogen (secondary N) is 1. The Kier molecular flexibility index (Phi) is 4.00. The van der Waals surface area contributed by atoms with Crippen molar-refractivity contribution in [3.05, 3.63) is 59.2 Å². The van der Waals surface area contributed by atoms with Crippen molar-refractivity contribution >= 4 is 5.91 Å². The van der Waals surface area contributed by atoms with E-state index in [-0.39, 0.29) is 12.5 Å². The van der Waals surface area contributed by atoms with Crippen molar-refractivity contribution in [2.24, 2.45) is 0 Å². The van der Waals surface area contributed by atoms with Crippen LogP contribution in [0.3, 0.4) is 0 Å². The monoisotopic (exact) mass is 297 g/mol.